The Morgan fingerprint density at radius 2 is 2.00 bits per heavy atom. The first-order valence-corrected chi connectivity index (χ1v) is 6.69. The van der Waals surface area contributed by atoms with Crippen molar-refractivity contribution in [3.05, 3.63) is 53.5 Å². The zero-order chi connectivity index (χ0) is 13.4. The van der Waals surface area contributed by atoms with Crippen molar-refractivity contribution < 1.29 is 0 Å². The summed E-state index contributed by atoms with van der Waals surface area (Å²) in [6.07, 6.45) is 1.86. The molecular weight excluding hydrogens is 258 g/mol. The Morgan fingerprint density at radius 3 is 2.74 bits per heavy atom. The van der Waals surface area contributed by atoms with Crippen molar-refractivity contribution in [2.75, 3.05) is 0 Å². The molecular formula is C15H14ClN3. The lowest BCUT2D eigenvalue weighted by molar-refractivity contribution is 0.968. The Balaban J connectivity index is 2.32. The minimum atomic E-state index is 0.364. The van der Waals surface area contributed by atoms with Crippen LogP contribution in [0.15, 0.2) is 36.5 Å². The molecule has 0 aliphatic rings. The van der Waals surface area contributed by atoms with Crippen molar-refractivity contribution in [1.82, 2.24) is 14.5 Å². The molecule has 0 amide bonds. The summed E-state index contributed by atoms with van der Waals surface area (Å²) < 4.78 is 2.02. The molecule has 3 aromatic rings. The molecule has 0 N–H and O–H groups in total. The highest BCUT2D eigenvalue weighted by molar-refractivity contribution is 6.16. The number of imidazole rings is 1. The van der Waals surface area contributed by atoms with Gasteiger partial charge in [0.25, 0.3) is 0 Å². The van der Waals surface area contributed by atoms with Gasteiger partial charge in [-0.25, -0.2) is 9.97 Å². The first kappa shape index (κ1) is 12.2. The molecule has 0 saturated heterocycles. The van der Waals surface area contributed by atoms with Crippen LogP contribution in [0.1, 0.15) is 17.0 Å². The van der Waals surface area contributed by atoms with Crippen molar-refractivity contribution in [3.63, 3.8) is 0 Å². The number of rotatable bonds is 2. The molecule has 0 bridgehead atoms. The number of alkyl halides is 1. The third kappa shape index (κ3) is 2.10. The second-order valence-electron chi connectivity index (χ2n) is 4.69. The molecule has 1 aromatic carbocycles. The molecule has 0 saturated carbocycles. The van der Waals surface area contributed by atoms with E-state index in [1.165, 1.54) is 5.56 Å². The largest absolute Gasteiger partial charge is 0.280 e. The molecule has 19 heavy (non-hydrogen) atoms. The molecule has 0 aliphatic carbocycles. The van der Waals surface area contributed by atoms with E-state index in [1.807, 2.05) is 35.9 Å². The van der Waals surface area contributed by atoms with Crippen molar-refractivity contribution in [1.29, 1.82) is 0 Å². The van der Waals surface area contributed by atoms with Gasteiger partial charge in [0.05, 0.1) is 5.88 Å². The number of aromatic nitrogens is 3. The van der Waals surface area contributed by atoms with E-state index in [-0.39, 0.29) is 0 Å². The van der Waals surface area contributed by atoms with Crippen LogP contribution in [0.5, 0.6) is 0 Å². The summed E-state index contributed by atoms with van der Waals surface area (Å²) >= 11 is 6.02. The van der Waals surface area contributed by atoms with Crippen LogP contribution >= 0.6 is 11.6 Å². The Hall–Kier alpha value is -1.87. The molecule has 0 radical (unpaired) electrons. The minimum Gasteiger partial charge on any atom is -0.280 e. The third-order valence-electron chi connectivity index (χ3n) is 3.08. The van der Waals surface area contributed by atoms with Crippen LogP contribution in [0.2, 0.25) is 0 Å². The third-order valence-corrected chi connectivity index (χ3v) is 3.32. The van der Waals surface area contributed by atoms with Crippen LogP contribution in [0.4, 0.5) is 0 Å². The Labute approximate surface area is 116 Å². The number of aryl methyl sites for hydroxylation is 2. The summed E-state index contributed by atoms with van der Waals surface area (Å²) in [7, 11) is 0. The number of hydrogen-bond acceptors (Lipinski definition) is 2. The molecule has 2 aromatic heterocycles. The average molecular weight is 272 g/mol. The number of halogens is 1. The van der Waals surface area contributed by atoms with E-state index in [0.29, 0.717) is 5.88 Å². The van der Waals surface area contributed by atoms with Gasteiger partial charge < -0.3 is 0 Å². The highest BCUT2D eigenvalue weighted by Gasteiger charge is 2.12. The first-order chi connectivity index (χ1) is 9.19. The molecule has 0 aliphatic heterocycles. The van der Waals surface area contributed by atoms with Gasteiger partial charge in [-0.1, -0.05) is 12.1 Å². The molecule has 4 heteroatoms. The van der Waals surface area contributed by atoms with Crippen LogP contribution in [0.3, 0.4) is 0 Å². The lowest BCUT2D eigenvalue weighted by Gasteiger charge is -2.07. The van der Waals surface area contributed by atoms with E-state index in [4.69, 9.17) is 11.6 Å². The topological polar surface area (TPSA) is 30.7 Å². The van der Waals surface area contributed by atoms with E-state index in [9.17, 15) is 0 Å². The monoisotopic (exact) mass is 271 g/mol. The number of nitrogens with zero attached hydrogens (tertiary/aromatic N) is 3. The van der Waals surface area contributed by atoms with Gasteiger partial charge in [0.15, 0.2) is 5.65 Å². The summed E-state index contributed by atoms with van der Waals surface area (Å²) in [5.41, 5.74) is 5.09. The number of fused-ring (bicyclic) bond motifs is 1. The van der Waals surface area contributed by atoms with Gasteiger partial charge in [0.2, 0.25) is 0 Å². The van der Waals surface area contributed by atoms with Crippen LogP contribution in [-0.4, -0.2) is 14.5 Å². The number of benzene rings is 1. The van der Waals surface area contributed by atoms with Crippen LogP contribution in [0.25, 0.3) is 16.9 Å². The second kappa shape index (κ2) is 4.67. The van der Waals surface area contributed by atoms with Gasteiger partial charge >= 0.3 is 0 Å². The SMILES string of the molecule is Cc1cccc(-n2c(CCl)nc3cc(C)cnc32)c1. The molecule has 0 fully saturated rings. The van der Waals surface area contributed by atoms with Crippen LogP contribution in [0, 0.1) is 13.8 Å². The molecule has 0 unspecified atom stereocenters. The highest BCUT2D eigenvalue weighted by atomic mass is 35.5. The maximum absolute atomic E-state index is 6.02. The standard InChI is InChI=1S/C15H14ClN3/c1-10-4-3-5-12(6-10)19-14(8-16)18-13-7-11(2)9-17-15(13)19/h3-7,9H,8H2,1-2H3. The van der Waals surface area contributed by atoms with E-state index in [0.717, 1.165) is 28.2 Å². The summed E-state index contributed by atoms with van der Waals surface area (Å²) in [4.78, 5) is 9.06. The number of pyridine rings is 1. The first-order valence-electron chi connectivity index (χ1n) is 6.16. The molecule has 3 nitrogen and oxygen atoms in total. The van der Waals surface area contributed by atoms with E-state index in [1.54, 1.807) is 0 Å². The zero-order valence-electron chi connectivity index (χ0n) is 10.9. The average Bonchev–Trinajstić information content (AvgIpc) is 2.76. The van der Waals surface area contributed by atoms with Crippen molar-refractivity contribution in [3.8, 4) is 5.69 Å². The van der Waals surface area contributed by atoms with E-state index >= 15 is 0 Å². The zero-order valence-corrected chi connectivity index (χ0v) is 11.6. The predicted octanol–water partition coefficient (Wildman–Crippen LogP) is 3.78. The quantitative estimate of drug-likeness (QED) is 0.664. The predicted molar refractivity (Wildman–Crippen MR) is 77.9 cm³/mol. The summed E-state index contributed by atoms with van der Waals surface area (Å²) in [6, 6.07) is 10.3. The smallest absolute Gasteiger partial charge is 0.164 e. The summed E-state index contributed by atoms with van der Waals surface area (Å²) in [5.74, 6) is 1.18. The maximum Gasteiger partial charge on any atom is 0.164 e. The Kier molecular flexibility index (Phi) is 2.99. The van der Waals surface area contributed by atoms with Gasteiger partial charge in [0.1, 0.15) is 11.3 Å². The lowest BCUT2D eigenvalue weighted by atomic mass is 10.2. The minimum absolute atomic E-state index is 0.364. The molecule has 3 rings (SSSR count). The van der Waals surface area contributed by atoms with Gasteiger partial charge in [-0.2, -0.15) is 0 Å². The van der Waals surface area contributed by atoms with Crippen LogP contribution < -0.4 is 0 Å². The Morgan fingerprint density at radius 1 is 1.16 bits per heavy atom. The number of hydrogen-bond donors (Lipinski definition) is 0. The van der Waals surface area contributed by atoms with E-state index in [2.05, 4.69) is 29.0 Å². The van der Waals surface area contributed by atoms with Gasteiger partial charge in [-0.3, -0.25) is 4.57 Å². The van der Waals surface area contributed by atoms with E-state index < -0.39 is 0 Å². The fraction of sp³-hybridized carbons (Fsp3) is 0.200. The van der Waals surface area contributed by atoms with Gasteiger partial charge in [0, 0.05) is 11.9 Å². The van der Waals surface area contributed by atoms with Gasteiger partial charge in [-0.15, -0.1) is 11.6 Å². The maximum atomic E-state index is 6.02. The Bertz CT molecular complexity index is 746. The van der Waals surface area contributed by atoms with Crippen LogP contribution in [-0.2, 0) is 5.88 Å². The highest BCUT2D eigenvalue weighted by Crippen LogP contribution is 2.22. The van der Waals surface area contributed by atoms with Gasteiger partial charge in [-0.05, 0) is 43.2 Å². The second-order valence-corrected chi connectivity index (χ2v) is 4.96. The molecule has 96 valence electrons. The normalized spacial score (nSPS) is 11.1. The molecule has 2 heterocycles. The fourth-order valence-electron chi connectivity index (χ4n) is 2.24. The molecule has 0 atom stereocenters. The fourth-order valence-corrected chi connectivity index (χ4v) is 2.42. The van der Waals surface area contributed by atoms with Crippen molar-refractivity contribution in [2.24, 2.45) is 0 Å². The summed E-state index contributed by atoms with van der Waals surface area (Å²) in [6.45, 7) is 4.08. The van der Waals surface area contributed by atoms with Crippen molar-refractivity contribution >= 4 is 22.8 Å². The lowest BCUT2D eigenvalue weighted by Crippen LogP contribution is -2.00. The van der Waals surface area contributed by atoms with Crippen molar-refractivity contribution in [2.45, 2.75) is 19.7 Å². The molecule has 0 spiro atoms. The summed E-state index contributed by atoms with van der Waals surface area (Å²) in [5, 5.41) is 0.